The Hall–Kier alpha value is -4.31. The summed E-state index contributed by atoms with van der Waals surface area (Å²) in [5.74, 6) is 1.81. The van der Waals surface area contributed by atoms with Crippen LogP contribution in [0.5, 0.6) is 5.75 Å². The lowest BCUT2D eigenvalue weighted by Crippen LogP contribution is -2.09. The van der Waals surface area contributed by atoms with Gasteiger partial charge in [-0.05, 0) is 36.1 Å². The standard InChI is InChI=1S/C28H27N5O2/c1-3-5-10-26-32-27(28-30-16-23(17-31-28)35-4-2)25(19-34)33(26)18-20-11-13-21(14-12-20)24-9-7-6-8-22(24)15-29/h6-9,11-14,16-17,19H,3-5,10,18H2,1-2H3. The van der Waals surface area contributed by atoms with E-state index in [0.717, 1.165) is 48.1 Å². The largest absolute Gasteiger partial charge is 0.491 e. The minimum atomic E-state index is 0.399. The van der Waals surface area contributed by atoms with Crippen molar-refractivity contribution in [3.63, 3.8) is 0 Å². The van der Waals surface area contributed by atoms with Crippen molar-refractivity contribution in [3.8, 4) is 34.5 Å². The number of benzene rings is 2. The molecule has 0 N–H and O–H groups in total. The van der Waals surface area contributed by atoms with E-state index in [0.29, 0.717) is 41.7 Å². The third-order valence-corrected chi connectivity index (χ3v) is 5.76. The average Bonchev–Trinajstić information content (AvgIpc) is 3.25. The zero-order valence-electron chi connectivity index (χ0n) is 19.9. The van der Waals surface area contributed by atoms with E-state index < -0.39 is 0 Å². The van der Waals surface area contributed by atoms with Crippen LogP contribution in [0.2, 0.25) is 0 Å². The molecule has 0 bridgehead atoms. The Kier molecular flexibility index (Phi) is 7.63. The molecular formula is C28H27N5O2. The number of aldehydes is 1. The van der Waals surface area contributed by atoms with Gasteiger partial charge in [0.15, 0.2) is 17.9 Å². The number of nitrogens with zero attached hydrogens (tertiary/aromatic N) is 5. The zero-order chi connectivity index (χ0) is 24.6. The fraction of sp³-hybridized carbons (Fsp3) is 0.250. The number of ether oxygens (including phenoxy) is 1. The third-order valence-electron chi connectivity index (χ3n) is 5.76. The molecule has 7 heteroatoms. The fourth-order valence-electron chi connectivity index (χ4n) is 3.98. The Labute approximate surface area is 205 Å². The van der Waals surface area contributed by atoms with Gasteiger partial charge in [-0.15, -0.1) is 0 Å². The quantitative estimate of drug-likeness (QED) is 0.288. The van der Waals surface area contributed by atoms with Crippen molar-refractivity contribution < 1.29 is 9.53 Å². The molecule has 35 heavy (non-hydrogen) atoms. The number of aryl methyl sites for hydroxylation is 1. The van der Waals surface area contributed by atoms with E-state index >= 15 is 0 Å². The average molecular weight is 466 g/mol. The van der Waals surface area contributed by atoms with Crippen molar-refractivity contribution in [2.45, 2.75) is 39.7 Å². The van der Waals surface area contributed by atoms with Crippen molar-refractivity contribution in [1.29, 1.82) is 5.26 Å². The summed E-state index contributed by atoms with van der Waals surface area (Å²) < 4.78 is 7.39. The molecule has 4 aromatic rings. The molecule has 0 aliphatic carbocycles. The molecule has 0 atom stereocenters. The Bertz CT molecular complexity index is 1340. The van der Waals surface area contributed by atoms with Crippen LogP contribution in [-0.2, 0) is 13.0 Å². The predicted octanol–water partition coefficient (Wildman–Crippen LogP) is 5.48. The molecule has 0 saturated heterocycles. The third kappa shape index (κ3) is 5.28. The van der Waals surface area contributed by atoms with E-state index in [1.54, 1.807) is 12.4 Å². The molecule has 0 fully saturated rings. The van der Waals surface area contributed by atoms with Gasteiger partial charge in [0.25, 0.3) is 0 Å². The van der Waals surface area contributed by atoms with Crippen LogP contribution in [0.1, 0.15) is 54.1 Å². The molecule has 7 nitrogen and oxygen atoms in total. The van der Waals surface area contributed by atoms with Crippen LogP contribution in [0.15, 0.2) is 60.9 Å². The van der Waals surface area contributed by atoms with E-state index in [2.05, 4.69) is 23.0 Å². The first-order valence-electron chi connectivity index (χ1n) is 11.8. The number of rotatable bonds is 10. The van der Waals surface area contributed by atoms with E-state index in [-0.39, 0.29) is 0 Å². The Morgan fingerprint density at radius 1 is 1.06 bits per heavy atom. The highest BCUT2D eigenvalue weighted by Gasteiger charge is 2.20. The van der Waals surface area contributed by atoms with Crippen LogP contribution >= 0.6 is 0 Å². The molecule has 0 saturated carbocycles. The SMILES string of the molecule is CCCCc1nc(-c2ncc(OCC)cn2)c(C=O)n1Cc1ccc(-c2ccccc2C#N)cc1. The maximum atomic E-state index is 12.2. The summed E-state index contributed by atoms with van der Waals surface area (Å²) in [6.07, 6.45) is 6.76. The summed E-state index contributed by atoms with van der Waals surface area (Å²) in [5, 5.41) is 9.42. The number of aromatic nitrogens is 4. The Morgan fingerprint density at radius 3 is 2.46 bits per heavy atom. The summed E-state index contributed by atoms with van der Waals surface area (Å²) in [5.41, 5.74) is 4.48. The second kappa shape index (κ2) is 11.2. The van der Waals surface area contributed by atoms with Gasteiger partial charge >= 0.3 is 0 Å². The summed E-state index contributed by atoms with van der Waals surface area (Å²) >= 11 is 0. The molecule has 0 radical (unpaired) electrons. The van der Waals surface area contributed by atoms with Gasteiger partial charge in [0.05, 0.1) is 30.6 Å². The maximum Gasteiger partial charge on any atom is 0.180 e. The second-order valence-corrected chi connectivity index (χ2v) is 8.10. The highest BCUT2D eigenvalue weighted by molar-refractivity contribution is 5.82. The number of carbonyl (C=O) groups excluding carboxylic acids is 1. The minimum Gasteiger partial charge on any atom is -0.491 e. The lowest BCUT2D eigenvalue weighted by Gasteiger charge is -2.11. The van der Waals surface area contributed by atoms with E-state index in [1.165, 1.54) is 0 Å². The summed E-state index contributed by atoms with van der Waals surface area (Å²) in [6.45, 7) is 5.05. The van der Waals surface area contributed by atoms with Gasteiger partial charge in [-0.3, -0.25) is 4.79 Å². The highest BCUT2D eigenvalue weighted by atomic mass is 16.5. The van der Waals surface area contributed by atoms with Crippen molar-refractivity contribution >= 4 is 6.29 Å². The number of imidazole rings is 1. The number of hydrogen-bond donors (Lipinski definition) is 0. The number of nitriles is 1. The van der Waals surface area contributed by atoms with Gasteiger partial charge in [-0.2, -0.15) is 5.26 Å². The van der Waals surface area contributed by atoms with Crippen molar-refractivity contribution in [2.24, 2.45) is 0 Å². The lowest BCUT2D eigenvalue weighted by molar-refractivity contribution is 0.111. The Morgan fingerprint density at radius 2 is 1.80 bits per heavy atom. The first-order chi connectivity index (χ1) is 17.2. The van der Waals surface area contributed by atoms with E-state index in [4.69, 9.17) is 9.72 Å². The summed E-state index contributed by atoms with van der Waals surface area (Å²) in [6, 6.07) is 17.9. The molecule has 4 rings (SSSR count). The molecule has 0 unspecified atom stereocenters. The first-order valence-corrected chi connectivity index (χ1v) is 11.8. The van der Waals surface area contributed by atoms with E-state index in [9.17, 15) is 10.1 Å². The van der Waals surface area contributed by atoms with Gasteiger partial charge < -0.3 is 9.30 Å². The Balaban J connectivity index is 1.68. The van der Waals surface area contributed by atoms with Crippen LogP contribution in [-0.4, -0.2) is 32.4 Å². The van der Waals surface area contributed by atoms with Crippen LogP contribution in [0, 0.1) is 11.3 Å². The molecule has 0 spiro atoms. The lowest BCUT2D eigenvalue weighted by atomic mass is 9.99. The normalized spacial score (nSPS) is 10.7. The molecule has 2 heterocycles. The number of hydrogen-bond acceptors (Lipinski definition) is 6. The first kappa shape index (κ1) is 23.8. The monoisotopic (exact) mass is 465 g/mol. The molecular weight excluding hydrogens is 438 g/mol. The molecule has 2 aromatic heterocycles. The molecule has 176 valence electrons. The summed E-state index contributed by atoms with van der Waals surface area (Å²) in [4.78, 5) is 25.7. The van der Waals surface area contributed by atoms with Gasteiger partial charge in [-0.25, -0.2) is 15.0 Å². The zero-order valence-corrected chi connectivity index (χ0v) is 19.9. The van der Waals surface area contributed by atoms with Gasteiger partial charge in [0.2, 0.25) is 0 Å². The molecule has 2 aromatic carbocycles. The molecule has 0 aliphatic heterocycles. The fourth-order valence-corrected chi connectivity index (χ4v) is 3.98. The molecule has 0 aliphatic rings. The predicted molar refractivity (Wildman–Crippen MR) is 134 cm³/mol. The smallest absolute Gasteiger partial charge is 0.180 e. The van der Waals surface area contributed by atoms with Crippen molar-refractivity contribution in [3.05, 3.63) is 83.6 Å². The number of carbonyl (C=O) groups is 1. The maximum absolute atomic E-state index is 12.2. The molecule has 0 amide bonds. The van der Waals surface area contributed by atoms with Gasteiger partial charge in [0.1, 0.15) is 17.2 Å². The summed E-state index contributed by atoms with van der Waals surface area (Å²) in [7, 11) is 0. The van der Waals surface area contributed by atoms with Crippen LogP contribution in [0.25, 0.3) is 22.6 Å². The van der Waals surface area contributed by atoms with Crippen LogP contribution in [0.4, 0.5) is 0 Å². The minimum absolute atomic E-state index is 0.399. The van der Waals surface area contributed by atoms with Crippen molar-refractivity contribution in [1.82, 2.24) is 19.5 Å². The van der Waals surface area contributed by atoms with Crippen LogP contribution < -0.4 is 4.74 Å². The topological polar surface area (TPSA) is 93.7 Å². The second-order valence-electron chi connectivity index (χ2n) is 8.10. The van der Waals surface area contributed by atoms with Crippen LogP contribution in [0.3, 0.4) is 0 Å². The van der Waals surface area contributed by atoms with Crippen molar-refractivity contribution in [2.75, 3.05) is 6.61 Å². The van der Waals surface area contributed by atoms with Gasteiger partial charge in [0, 0.05) is 13.0 Å². The highest BCUT2D eigenvalue weighted by Crippen LogP contribution is 2.26. The van der Waals surface area contributed by atoms with E-state index in [1.807, 2.05) is 60.0 Å². The van der Waals surface area contributed by atoms with Gasteiger partial charge in [-0.1, -0.05) is 55.8 Å². The number of unbranched alkanes of at least 4 members (excludes halogenated alkanes) is 1.